The maximum absolute atomic E-state index is 11.6. The summed E-state index contributed by atoms with van der Waals surface area (Å²) in [5, 5.41) is 0. The van der Waals surface area contributed by atoms with Crippen LogP contribution in [0.25, 0.3) is 11.1 Å². The summed E-state index contributed by atoms with van der Waals surface area (Å²) in [5.41, 5.74) is 24.0. The molecular formula is C20H30Cl2N4O. The van der Waals surface area contributed by atoms with Gasteiger partial charge in [0.25, 0.3) is 0 Å². The van der Waals surface area contributed by atoms with E-state index >= 15 is 0 Å². The summed E-state index contributed by atoms with van der Waals surface area (Å²) in [6.07, 6.45) is 1.000. The predicted molar refractivity (Wildman–Crippen MR) is 116 cm³/mol. The molecule has 0 saturated carbocycles. The molecule has 0 aliphatic carbocycles. The molecule has 0 spiro atoms. The molecule has 27 heavy (non-hydrogen) atoms. The van der Waals surface area contributed by atoms with Gasteiger partial charge < -0.3 is 17.2 Å². The highest BCUT2D eigenvalue weighted by Crippen LogP contribution is 2.32. The molecule has 0 radical (unpaired) electrons. The van der Waals surface area contributed by atoms with Crippen molar-refractivity contribution in [2.75, 3.05) is 0 Å². The van der Waals surface area contributed by atoms with Crippen molar-refractivity contribution in [3.8, 4) is 11.1 Å². The summed E-state index contributed by atoms with van der Waals surface area (Å²) in [5.74, 6) is 0.0935. The lowest BCUT2D eigenvalue weighted by Crippen LogP contribution is -2.19. The fourth-order valence-electron chi connectivity index (χ4n) is 3.17. The normalized spacial score (nSPS) is 10.3. The molecule has 0 fully saturated rings. The molecule has 1 aromatic carbocycles. The summed E-state index contributed by atoms with van der Waals surface area (Å²) >= 11 is 0. The van der Waals surface area contributed by atoms with Crippen molar-refractivity contribution >= 4 is 30.7 Å². The molecule has 150 valence electrons. The number of benzene rings is 1. The van der Waals surface area contributed by atoms with Gasteiger partial charge in [-0.15, -0.1) is 24.8 Å². The lowest BCUT2D eigenvalue weighted by atomic mass is 9.88. The molecule has 7 heteroatoms. The number of rotatable bonds is 7. The fraction of sp³-hybridized carbons (Fsp3) is 0.400. The van der Waals surface area contributed by atoms with Gasteiger partial charge in [0, 0.05) is 24.5 Å². The first-order valence-corrected chi connectivity index (χ1v) is 8.66. The Kier molecular flexibility index (Phi) is 10.6. The molecule has 0 unspecified atom stereocenters. The summed E-state index contributed by atoms with van der Waals surface area (Å²) in [7, 11) is 0. The number of hydrogen-bond acceptors (Lipinski definition) is 4. The van der Waals surface area contributed by atoms with Gasteiger partial charge in [-0.3, -0.25) is 9.78 Å². The van der Waals surface area contributed by atoms with Gasteiger partial charge in [0.05, 0.1) is 6.42 Å². The molecule has 6 N–H and O–H groups in total. The van der Waals surface area contributed by atoms with Crippen LogP contribution in [-0.2, 0) is 30.7 Å². The zero-order valence-corrected chi connectivity index (χ0v) is 17.8. The van der Waals surface area contributed by atoms with E-state index in [1.165, 1.54) is 0 Å². The first-order chi connectivity index (χ1) is 11.9. The van der Waals surface area contributed by atoms with Gasteiger partial charge in [-0.2, -0.15) is 0 Å². The molecule has 0 aliphatic heterocycles. The average Bonchev–Trinajstić information content (AvgIpc) is 2.56. The van der Waals surface area contributed by atoms with E-state index in [1.54, 1.807) is 0 Å². The number of aryl methyl sites for hydroxylation is 1. The number of carbonyl (C=O) groups is 1. The molecule has 0 bridgehead atoms. The van der Waals surface area contributed by atoms with Crippen molar-refractivity contribution in [3.05, 3.63) is 52.3 Å². The van der Waals surface area contributed by atoms with E-state index < -0.39 is 0 Å². The summed E-state index contributed by atoms with van der Waals surface area (Å²) in [6, 6.07) is 8.06. The molecule has 0 atom stereocenters. The molecule has 1 amide bonds. The second-order valence-electron chi connectivity index (χ2n) is 6.82. The smallest absolute Gasteiger partial charge is 0.221 e. The van der Waals surface area contributed by atoms with E-state index in [0.29, 0.717) is 19.0 Å². The standard InChI is InChI=1S/C20H28N4O.2ClH/c1-12(2)8-18-17(11-22)20(15-6-4-14(10-21)5-7-15)16(9-19(23)25)13(3)24-18;;/h4-7,12H,8-11,21-22H2,1-3H3,(H2,23,25);2*1H. The Morgan fingerprint density at radius 3 is 2.07 bits per heavy atom. The molecule has 0 aliphatic rings. The van der Waals surface area contributed by atoms with Crippen LogP contribution in [0.3, 0.4) is 0 Å². The Labute approximate surface area is 173 Å². The lowest BCUT2D eigenvalue weighted by Gasteiger charge is -2.20. The van der Waals surface area contributed by atoms with Crippen molar-refractivity contribution in [1.82, 2.24) is 4.98 Å². The number of aromatic nitrogens is 1. The van der Waals surface area contributed by atoms with Gasteiger partial charge in [0.1, 0.15) is 0 Å². The van der Waals surface area contributed by atoms with Gasteiger partial charge in [0.15, 0.2) is 0 Å². The van der Waals surface area contributed by atoms with Gasteiger partial charge in [-0.05, 0) is 47.1 Å². The number of nitrogens with two attached hydrogens (primary N) is 3. The van der Waals surface area contributed by atoms with Crippen LogP contribution < -0.4 is 17.2 Å². The fourth-order valence-corrected chi connectivity index (χ4v) is 3.17. The quantitative estimate of drug-likeness (QED) is 0.648. The van der Waals surface area contributed by atoms with E-state index in [9.17, 15) is 4.79 Å². The summed E-state index contributed by atoms with van der Waals surface area (Å²) in [6.45, 7) is 7.11. The molecule has 0 saturated heterocycles. The average molecular weight is 413 g/mol. The topological polar surface area (TPSA) is 108 Å². The second-order valence-corrected chi connectivity index (χ2v) is 6.82. The monoisotopic (exact) mass is 412 g/mol. The van der Waals surface area contributed by atoms with E-state index in [0.717, 1.165) is 45.6 Å². The molecule has 2 aromatic rings. The van der Waals surface area contributed by atoms with Crippen LogP contribution in [0.4, 0.5) is 0 Å². The zero-order valence-electron chi connectivity index (χ0n) is 16.1. The third kappa shape index (κ3) is 6.18. The minimum atomic E-state index is -0.371. The first kappa shape index (κ1) is 25.3. The van der Waals surface area contributed by atoms with Crippen molar-refractivity contribution < 1.29 is 4.79 Å². The maximum Gasteiger partial charge on any atom is 0.221 e. The van der Waals surface area contributed by atoms with E-state index in [-0.39, 0.29) is 37.1 Å². The molecule has 2 rings (SSSR count). The third-order valence-corrected chi connectivity index (χ3v) is 4.33. The first-order valence-electron chi connectivity index (χ1n) is 8.66. The van der Waals surface area contributed by atoms with Crippen LogP contribution in [0.1, 0.15) is 41.9 Å². The zero-order chi connectivity index (χ0) is 18.6. The number of carbonyl (C=O) groups excluding carboxylic acids is 1. The van der Waals surface area contributed by atoms with Gasteiger partial charge in [0.2, 0.25) is 5.91 Å². The van der Waals surface area contributed by atoms with Crippen LogP contribution in [0, 0.1) is 12.8 Å². The molecule has 5 nitrogen and oxygen atoms in total. The Bertz CT molecular complexity index is 762. The Hall–Kier alpha value is -1.66. The Morgan fingerprint density at radius 2 is 1.63 bits per heavy atom. The van der Waals surface area contributed by atoms with Crippen LogP contribution in [0.15, 0.2) is 24.3 Å². The molecule has 1 aromatic heterocycles. The number of nitrogens with zero attached hydrogens (tertiary/aromatic N) is 1. The van der Waals surface area contributed by atoms with Gasteiger partial charge in [-0.1, -0.05) is 38.1 Å². The number of halogens is 2. The van der Waals surface area contributed by atoms with Crippen LogP contribution in [0.5, 0.6) is 0 Å². The number of pyridine rings is 1. The number of amides is 1. The van der Waals surface area contributed by atoms with Crippen molar-refractivity contribution in [3.63, 3.8) is 0 Å². The third-order valence-electron chi connectivity index (χ3n) is 4.33. The summed E-state index contributed by atoms with van der Waals surface area (Å²) < 4.78 is 0. The Balaban J connectivity index is 0.00000338. The SMILES string of the molecule is Cc1nc(CC(C)C)c(CN)c(-c2ccc(CN)cc2)c1CC(N)=O.Cl.Cl. The molecule has 1 heterocycles. The van der Waals surface area contributed by atoms with Crippen LogP contribution in [0.2, 0.25) is 0 Å². The summed E-state index contributed by atoms with van der Waals surface area (Å²) in [4.78, 5) is 16.4. The highest BCUT2D eigenvalue weighted by molar-refractivity contribution is 5.85. The van der Waals surface area contributed by atoms with Gasteiger partial charge in [-0.25, -0.2) is 0 Å². The number of hydrogen-bond donors (Lipinski definition) is 3. The largest absolute Gasteiger partial charge is 0.369 e. The minimum absolute atomic E-state index is 0. The van der Waals surface area contributed by atoms with E-state index in [4.69, 9.17) is 22.2 Å². The van der Waals surface area contributed by atoms with E-state index in [1.807, 2.05) is 31.2 Å². The maximum atomic E-state index is 11.6. The van der Waals surface area contributed by atoms with Crippen LogP contribution in [-0.4, -0.2) is 10.9 Å². The minimum Gasteiger partial charge on any atom is -0.369 e. The predicted octanol–water partition coefficient (Wildman–Crippen LogP) is 3.04. The number of primary amides is 1. The molecular weight excluding hydrogens is 383 g/mol. The Morgan fingerprint density at radius 1 is 1.04 bits per heavy atom. The van der Waals surface area contributed by atoms with Crippen molar-refractivity contribution in [2.45, 2.75) is 46.7 Å². The highest BCUT2D eigenvalue weighted by Gasteiger charge is 2.20. The highest BCUT2D eigenvalue weighted by atomic mass is 35.5. The van der Waals surface area contributed by atoms with Crippen molar-refractivity contribution in [1.29, 1.82) is 0 Å². The van der Waals surface area contributed by atoms with Gasteiger partial charge >= 0.3 is 0 Å². The lowest BCUT2D eigenvalue weighted by molar-refractivity contribution is -0.117. The second kappa shape index (κ2) is 11.2. The van der Waals surface area contributed by atoms with Crippen LogP contribution >= 0.6 is 24.8 Å². The van der Waals surface area contributed by atoms with E-state index in [2.05, 4.69) is 13.8 Å². The van der Waals surface area contributed by atoms with Crippen molar-refractivity contribution in [2.24, 2.45) is 23.1 Å².